The first-order valence-electron chi connectivity index (χ1n) is 7.40. The summed E-state index contributed by atoms with van der Waals surface area (Å²) >= 11 is 0. The molecule has 0 bridgehead atoms. The van der Waals surface area contributed by atoms with E-state index in [0.29, 0.717) is 13.2 Å². The van der Waals surface area contributed by atoms with E-state index in [9.17, 15) is 9.59 Å². The molecule has 1 heterocycles. The normalized spacial score (nSPS) is 10.7. The summed E-state index contributed by atoms with van der Waals surface area (Å²) < 4.78 is 15.3. The van der Waals surface area contributed by atoms with E-state index in [1.54, 1.807) is 13.4 Å². The molecule has 1 amide bonds. The highest BCUT2D eigenvalue weighted by Gasteiger charge is 2.14. The molecule has 6 nitrogen and oxygen atoms in total. The molecule has 0 aliphatic carbocycles. The van der Waals surface area contributed by atoms with Gasteiger partial charge in [0.1, 0.15) is 5.58 Å². The fourth-order valence-electron chi connectivity index (χ4n) is 2.22. The van der Waals surface area contributed by atoms with Crippen molar-refractivity contribution in [1.82, 2.24) is 5.32 Å². The van der Waals surface area contributed by atoms with Crippen LogP contribution >= 0.6 is 0 Å². The summed E-state index contributed by atoms with van der Waals surface area (Å²) in [4.78, 5) is 23.3. The minimum Gasteiger partial charge on any atom is -0.464 e. The van der Waals surface area contributed by atoms with Crippen molar-refractivity contribution in [2.24, 2.45) is 0 Å². The molecule has 1 aromatic carbocycles. The van der Waals surface area contributed by atoms with Gasteiger partial charge in [0.15, 0.2) is 6.61 Å². The van der Waals surface area contributed by atoms with Crippen LogP contribution in [0.15, 0.2) is 22.8 Å². The Hall–Kier alpha value is -2.34. The molecule has 1 aromatic heterocycles. The van der Waals surface area contributed by atoms with Crippen LogP contribution in [-0.4, -0.2) is 38.7 Å². The first-order valence-corrected chi connectivity index (χ1v) is 7.40. The Morgan fingerprint density at radius 2 is 2.04 bits per heavy atom. The van der Waals surface area contributed by atoms with E-state index in [1.165, 1.54) is 0 Å². The number of furan rings is 1. The van der Waals surface area contributed by atoms with Crippen LogP contribution in [0.5, 0.6) is 0 Å². The van der Waals surface area contributed by atoms with E-state index < -0.39 is 5.97 Å². The second-order valence-electron chi connectivity index (χ2n) is 5.33. The standard InChI is InChI=1S/C17H21NO5/c1-11-4-5-14-13(9-23-17(14)12(11)2)8-16(20)22-10-15(19)18-6-7-21-3/h4-5,9H,6-8,10H2,1-3H3,(H,18,19). The molecule has 23 heavy (non-hydrogen) atoms. The number of ether oxygens (including phenoxy) is 2. The Kier molecular flexibility index (Phi) is 5.76. The lowest BCUT2D eigenvalue weighted by molar-refractivity contribution is -0.147. The molecule has 2 aromatic rings. The minimum atomic E-state index is -0.465. The third-order valence-corrected chi connectivity index (χ3v) is 3.67. The monoisotopic (exact) mass is 319 g/mol. The number of esters is 1. The van der Waals surface area contributed by atoms with Gasteiger partial charge in [0.2, 0.25) is 0 Å². The highest BCUT2D eigenvalue weighted by atomic mass is 16.5. The van der Waals surface area contributed by atoms with Crippen LogP contribution in [0.1, 0.15) is 16.7 Å². The van der Waals surface area contributed by atoms with Crippen molar-refractivity contribution < 1.29 is 23.5 Å². The van der Waals surface area contributed by atoms with Crippen molar-refractivity contribution in [1.29, 1.82) is 0 Å². The van der Waals surface area contributed by atoms with Gasteiger partial charge in [-0.1, -0.05) is 12.1 Å². The maximum absolute atomic E-state index is 11.9. The van der Waals surface area contributed by atoms with Gasteiger partial charge in [-0.3, -0.25) is 9.59 Å². The van der Waals surface area contributed by atoms with Gasteiger partial charge in [0.25, 0.3) is 5.91 Å². The van der Waals surface area contributed by atoms with Crippen LogP contribution in [0.4, 0.5) is 0 Å². The Bertz CT molecular complexity index is 704. The average molecular weight is 319 g/mol. The van der Waals surface area contributed by atoms with Gasteiger partial charge in [-0.15, -0.1) is 0 Å². The molecular formula is C17H21NO5. The van der Waals surface area contributed by atoms with Gasteiger partial charge >= 0.3 is 5.97 Å². The maximum Gasteiger partial charge on any atom is 0.310 e. The molecule has 1 N–H and O–H groups in total. The number of carbonyl (C=O) groups is 2. The summed E-state index contributed by atoms with van der Waals surface area (Å²) in [5.41, 5.74) is 3.73. The minimum absolute atomic E-state index is 0.0703. The van der Waals surface area contributed by atoms with Crippen molar-refractivity contribution in [2.75, 3.05) is 26.9 Å². The van der Waals surface area contributed by atoms with E-state index in [-0.39, 0.29) is 18.9 Å². The van der Waals surface area contributed by atoms with Crippen LogP contribution in [-0.2, 0) is 25.5 Å². The largest absolute Gasteiger partial charge is 0.464 e. The maximum atomic E-state index is 11.9. The number of methoxy groups -OCH3 is 1. The first-order chi connectivity index (χ1) is 11.0. The summed E-state index contributed by atoms with van der Waals surface area (Å²) in [6.07, 6.45) is 1.64. The highest BCUT2D eigenvalue weighted by molar-refractivity contribution is 5.89. The molecule has 0 radical (unpaired) electrons. The van der Waals surface area contributed by atoms with Crippen molar-refractivity contribution >= 4 is 22.8 Å². The summed E-state index contributed by atoms with van der Waals surface area (Å²) in [6, 6.07) is 3.92. The number of hydrogen-bond acceptors (Lipinski definition) is 5. The van der Waals surface area contributed by atoms with E-state index in [4.69, 9.17) is 13.9 Å². The fourth-order valence-corrected chi connectivity index (χ4v) is 2.22. The van der Waals surface area contributed by atoms with Crippen molar-refractivity contribution in [3.05, 3.63) is 35.1 Å². The molecule has 0 aliphatic heterocycles. The lowest BCUT2D eigenvalue weighted by atomic mass is 10.0. The predicted molar refractivity (Wildman–Crippen MR) is 85.2 cm³/mol. The average Bonchev–Trinajstić information content (AvgIpc) is 2.93. The molecule has 0 saturated heterocycles. The highest BCUT2D eigenvalue weighted by Crippen LogP contribution is 2.26. The van der Waals surface area contributed by atoms with Crippen molar-refractivity contribution in [2.45, 2.75) is 20.3 Å². The first kappa shape index (κ1) is 17.0. The summed E-state index contributed by atoms with van der Waals surface area (Å²) in [7, 11) is 1.55. The Morgan fingerprint density at radius 1 is 1.26 bits per heavy atom. The number of aryl methyl sites for hydroxylation is 2. The molecule has 0 aliphatic rings. The fraction of sp³-hybridized carbons (Fsp3) is 0.412. The van der Waals surface area contributed by atoms with Gasteiger partial charge in [-0.05, 0) is 25.0 Å². The van der Waals surface area contributed by atoms with Gasteiger partial charge in [-0.2, -0.15) is 0 Å². The molecular weight excluding hydrogens is 298 g/mol. The number of benzene rings is 1. The van der Waals surface area contributed by atoms with E-state index in [0.717, 1.165) is 27.7 Å². The topological polar surface area (TPSA) is 77.8 Å². The zero-order valence-corrected chi connectivity index (χ0v) is 13.6. The summed E-state index contributed by atoms with van der Waals surface area (Å²) in [5, 5.41) is 3.48. The number of fused-ring (bicyclic) bond motifs is 1. The quantitative estimate of drug-likeness (QED) is 0.623. The van der Waals surface area contributed by atoms with Crippen LogP contribution < -0.4 is 5.32 Å². The molecule has 2 rings (SSSR count). The van der Waals surface area contributed by atoms with Crippen molar-refractivity contribution in [3.63, 3.8) is 0 Å². The zero-order chi connectivity index (χ0) is 16.8. The lowest BCUT2D eigenvalue weighted by Crippen LogP contribution is -2.31. The number of nitrogens with one attached hydrogen (secondary N) is 1. The molecule has 0 fully saturated rings. The van der Waals surface area contributed by atoms with Gasteiger partial charge in [0.05, 0.1) is 19.3 Å². The molecule has 0 unspecified atom stereocenters. The zero-order valence-electron chi connectivity index (χ0n) is 13.6. The molecule has 0 spiro atoms. The Labute approximate surface area is 134 Å². The van der Waals surface area contributed by atoms with Gasteiger partial charge in [0, 0.05) is 24.6 Å². The van der Waals surface area contributed by atoms with Gasteiger partial charge < -0.3 is 19.2 Å². The SMILES string of the molecule is COCCNC(=O)COC(=O)Cc1coc2c(C)c(C)ccc12. The third-order valence-electron chi connectivity index (χ3n) is 3.67. The molecule has 6 heteroatoms. The number of hydrogen-bond donors (Lipinski definition) is 1. The number of carbonyl (C=O) groups excluding carboxylic acids is 2. The third kappa shape index (κ3) is 4.32. The lowest BCUT2D eigenvalue weighted by Gasteiger charge is -2.06. The Morgan fingerprint density at radius 3 is 2.78 bits per heavy atom. The summed E-state index contributed by atoms with van der Waals surface area (Å²) in [6.45, 7) is 4.49. The van der Waals surface area contributed by atoms with Crippen LogP contribution in [0, 0.1) is 13.8 Å². The molecule has 0 atom stereocenters. The second-order valence-corrected chi connectivity index (χ2v) is 5.33. The Balaban J connectivity index is 1.91. The summed E-state index contributed by atoms with van der Waals surface area (Å²) in [5.74, 6) is -0.813. The second kappa shape index (κ2) is 7.78. The van der Waals surface area contributed by atoms with E-state index in [2.05, 4.69) is 5.32 Å². The number of amides is 1. The van der Waals surface area contributed by atoms with Crippen LogP contribution in [0.3, 0.4) is 0 Å². The van der Waals surface area contributed by atoms with E-state index in [1.807, 2.05) is 26.0 Å². The van der Waals surface area contributed by atoms with Crippen LogP contribution in [0.2, 0.25) is 0 Å². The van der Waals surface area contributed by atoms with Crippen molar-refractivity contribution in [3.8, 4) is 0 Å². The van der Waals surface area contributed by atoms with E-state index >= 15 is 0 Å². The molecule has 0 saturated carbocycles. The smallest absolute Gasteiger partial charge is 0.310 e. The predicted octanol–water partition coefficient (Wildman–Crippen LogP) is 1.90. The van der Waals surface area contributed by atoms with Gasteiger partial charge in [-0.25, -0.2) is 0 Å². The van der Waals surface area contributed by atoms with Crippen LogP contribution in [0.25, 0.3) is 11.0 Å². The number of rotatable bonds is 7. The molecule has 124 valence electrons.